The fourth-order valence-electron chi connectivity index (χ4n) is 4.26. The Morgan fingerprint density at radius 2 is 1.71 bits per heavy atom. The van der Waals surface area contributed by atoms with Crippen LogP contribution in [0.15, 0.2) is 91.3 Å². The number of anilines is 1. The molecule has 0 bridgehead atoms. The fraction of sp³-hybridized carbons (Fsp3) is 0.120. The fourth-order valence-corrected chi connectivity index (χ4v) is 4.60. The van der Waals surface area contributed by atoms with Crippen LogP contribution < -0.4 is 10.2 Å². The first-order valence-electron chi connectivity index (χ1n) is 10.4. The van der Waals surface area contributed by atoms with Gasteiger partial charge in [-0.05, 0) is 66.8 Å². The van der Waals surface area contributed by atoms with Gasteiger partial charge in [-0.2, -0.15) is 13.2 Å². The van der Waals surface area contributed by atoms with Crippen LogP contribution in [0.4, 0.5) is 23.2 Å². The monoisotopic (exact) mass is 482 g/mol. The summed E-state index contributed by atoms with van der Waals surface area (Å²) in [6.45, 7) is 0. The minimum Gasteiger partial charge on any atom is -0.351 e. The van der Waals surface area contributed by atoms with Crippen molar-refractivity contribution in [2.24, 2.45) is 0 Å². The molecular formula is C25H18F4N4S. The zero-order chi connectivity index (χ0) is 23.9. The summed E-state index contributed by atoms with van der Waals surface area (Å²) < 4.78 is 56.7. The summed E-state index contributed by atoms with van der Waals surface area (Å²) in [7, 11) is 0. The lowest BCUT2D eigenvalue weighted by Gasteiger charge is -2.29. The van der Waals surface area contributed by atoms with Gasteiger partial charge in [-0.3, -0.25) is 4.98 Å². The van der Waals surface area contributed by atoms with Crippen molar-refractivity contribution in [1.29, 1.82) is 0 Å². The molecule has 0 amide bonds. The Bertz CT molecular complexity index is 1340. The molecule has 0 saturated carbocycles. The molecule has 1 N–H and O–H groups in total. The summed E-state index contributed by atoms with van der Waals surface area (Å²) in [5.74, 6) is -0.463. The Morgan fingerprint density at radius 3 is 2.44 bits per heavy atom. The summed E-state index contributed by atoms with van der Waals surface area (Å²) in [5.41, 5.74) is 1.15. The number of pyridine rings is 1. The molecule has 1 saturated heterocycles. The molecule has 1 fully saturated rings. The molecular weight excluding hydrogens is 464 g/mol. The van der Waals surface area contributed by atoms with E-state index in [-0.39, 0.29) is 5.69 Å². The maximum absolute atomic E-state index is 14.9. The Hall–Kier alpha value is -3.72. The summed E-state index contributed by atoms with van der Waals surface area (Å²) >= 11 is 5.60. The molecule has 1 aliphatic rings. The van der Waals surface area contributed by atoms with Crippen LogP contribution in [0, 0.1) is 5.82 Å². The van der Waals surface area contributed by atoms with E-state index in [9.17, 15) is 17.6 Å². The van der Waals surface area contributed by atoms with E-state index in [2.05, 4.69) is 10.3 Å². The molecule has 2 atom stereocenters. The zero-order valence-corrected chi connectivity index (χ0v) is 18.4. The molecule has 0 aliphatic carbocycles. The van der Waals surface area contributed by atoms with Crippen LogP contribution in [-0.4, -0.2) is 14.7 Å². The smallest absolute Gasteiger partial charge is 0.351 e. The second-order valence-electron chi connectivity index (χ2n) is 7.80. The number of nitrogens with one attached hydrogen (secondary N) is 1. The van der Waals surface area contributed by atoms with Gasteiger partial charge in [0, 0.05) is 23.8 Å². The third-order valence-corrected chi connectivity index (χ3v) is 6.06. The highest BCUT2D eigenvalue weighted by Crippen LogP contribution is 2.43. The Morgan fingerprint density at radius 1 is 0.912 bits per heavy atom. The van der Waals surface area contributed by atoms with Crippen molar-refractivity contribution < 1.29 is 17.6 Å². The lowest BCUT2D eigenvalue weighted by molar-refractivity contribution is -0.137. The van der Waals surface area contributed by atoms with Crippen LogP contribution in [0.3, 0.4) is 0 Å². The third-order valence-electron chi connectivity index (χ3n) is 5.75. The molecule has 2 unspecified atom stereocenters. The first-order chi connectivity index (χ1) is 16.3. The molecule has 2 aromatic heterocycles. The van der Waals surface area contributed by atoms with Crippen LogP contribution in [0.1, 0.15) is 29.0 Å². The number of para-hydroxylation sites is 1. The SMILES string of the molecule is Fc1ccccc1N1C(=S)NC(c2ccccn2)C1c1cccn1-c1cccc(C(F)(F)F)c1. The first-order valence-corrected chi connectivity index (χ1v) is 10.9. The molecule has 3 heterocycles. The maximum Gasteiger partial charge on any atom is 0.416 e. The summed E-state index contributed by atoms with van der Waals surface area (Å²) in [6.07, 6.45) is -1.15. The van der Waals surface area contributed by atoms with Crippen molar-refractivity contribution in [3.05, 3.63) is 114 Å². The Balaban J connectivity index is 1.68. The normalized spacial score (nSPS) is 18.2. The number of hydrogen-bond acceptors (Lipinski definition) is 2. The summed E-state index contributed by atoms with van der Waals surface area (Å²) in [4.78, 5) is 6.11. The second kappa shape index (κ2) is 8.57. The Labute approximate surface area is 198 Å². The predicted octanol–water partition coefficient (Wildman–Crippen LogP) is 6.21. The van der Waals surface area contributed by atoms with E-state index in [4.69, 9.17) is 12.2 Å². The largest absolute Gasteiger partial charge is 0.416 e. The van der Waals surface area contributed by atoms with E-state index in [0.29, 0.717) is 22.2 Å². The predicted molar refractivity (Wildman–Crippen MR) is 125 cm³/mol. The molecule has 5 rings (SSSR count). The first kappa shape index (κ1) is 22.1. The van der Waals surface area contributed by atoms with Gasteiger partial charge >= 0.3 is 6.18 Å². The van der Waals surface area contributed by atoms with Gasteiger partial charge in [0.2, 0.25) is 0 Å². The minimum atomic E-state index is -4.48. The number of halogens is 4. The van der Waals surface area contributed by atoms with Gasteiger partial charge in [0.05, 0.1) is 23.0 Å². The highest BCUT2D eigenvalue weighted by molar-refractivity contribution is 7.80. The third kappa shape index (κ3) is 3.92. The van der Waals surface area contributed by atoms with Crippen molar-refractivity contribution in [1.82, 2.24) is 14.9 Å². The standard InChI is InChI=1S/C25H18F4N4S/c26-18-9-1-2-11-20(18)33-23(22(31-24(33)34)19-10-3-4-13-30-19)21-12-6-14-32(21)17-8-5-7-16(15-17)25(27,28)29/h1-15,22-23H,(H,31,34). The Kier molecular flexibility index (Phi) is 5.57. The van der Waals surface area contributed by atoms with E-state index >= 15 is 0 Å². The second-order valence-corrected chi connectivity index (χ2v) is 8.19. The number of rotatable bonds is 4. The molecule has 1 aliphatic heterocycles. The van der Waals surface area contributed by atoms with Crippen molar-refractivity contribution in [3.8, 4) is 5.69 Å². The molecule has 2 aromatic carbocycles. The molecule has 0 radical (unpaired) electrons. The van der Waals surface area contributed by atoms with Crippen LogP contribution in [0.5, 0.6) is 0 Å². The van der Waals surface area contributed by atoms with Crippen molar-refractivity contribution >= 4 is 23.0 Å². The van der Waals surface area contributed by atoms with E-state index in [1.165, 1.54) is 12.1 Å². The van der Waals surface area contributed by atoms with Crippen molar-refractivity contribution in [3.63, 3.8) is 0 Å². The van der Waals surface area contributed by atoms with E-state index in [0.717, 1.165) is 12.1 Å². The van der Waals surface area contributed by atoms with E-state index < -0.39 is 29.6 Å². The number of nitrogens with zero attached hydrogens (tertiary/aromatic N) is 3. The lowest BCUT2D eigenvalue weighted by Crippen LogP contribution is -2.31. The summed E-state index contributed by atoms with van der Waals surface area (Å²) in [6, 6.07) is 19.3. The number of thiocarbonyl (C=S) groups is 1. The molecule has 9 heteroatoms. The molecule has 4 aromatic rings. The molecule has 172 valence electrons. The highest BCUT2D eigenvalue weighted by atomic mass is 32.1. The van der Waals surface area contributed by atoms with Gasteiger partial charge in [-0.25, -0.2) is 4.39 Å². The number of hydrogen-bond donors (Lipinski definition) is 1. The van der Waals surface area contributed by atoms with Crippen LogP contribution >= 0.6 is 12.2 Å². The molecule has 34 heavy (non-hydrogen) atoms. The van der Waals surface area contributed by atoms with Crippen molar-refractivity contribution in [2.45, 2.75) is 18.3 Å². The van der Waals surface area contributed by atoms with E-state index in [1.807, 2.05) is 12.1 Å². The minimum absolute atomic E-state index is 0.264. The quantitative estimate of drug-likeness (QED) is 0.277. The van der Waals surface area contributed by atoms with Gasteiger partial charge in [0.1, 0.15) is 11.9 Å². The van der Waals surface area contributed by atoms with Crippen LogP contribution in [0.25, 0.3) is 5.69 Å². The number of alkyl halides is 3. The van der Waals surface area contributed by atoms with Crippen molar-refractivity contribution in [2.75, 3.05) is 4.90 Å². The molecule has 4 nitrogen and oxygen atoms in total. The highest BCUT2D eigenvalue weighted by Gasteiger charge is 2.43. The number of aromatic nitrogens is 2. The van der Waals surface area contributed by atoms with Gasteiger partial charge in [-0.15, -0.1) is 0 Å². The number of benzene rings is 2. The maximum atomic E-state index is 14.9. The lowest BCUT2D eigenvalue weighted by atomic mass is 10.0. The average Bonchev–Trinajstić information content (AvgIpc) is 3.44. The molecule has 0 spiro atoms. The van der Waals surface area contributed by atoms with Crippen LogP contribution in [0.2, 0.25) is 0 Å². The topological polar surface area (TPSA) is 33.1 Å². The zero-order valence-electron chi connectivity index (χ0n) is 17.6. The summed E-state index contributed by atoms with van der Waals surface area (Å²) in [5, 5.41) is 3.53. The van der Waals surface area contributed by atoms with E-state index in [1.54, 1.807) is 64.3 Å². The van der Waals surface area contributed by atoms with Gasteiger partial charge in [0.15, 0.2) is 5.11 Å². The van der Waals surface area contributed by atoms with Gasteiger partial charge in [0.25, 0.3) is 0 Å². The average molecular weight is 483 g/mol. The van der Waals surface area contributed by atoms with Crippen LogP contribution in [-0.2, 0) is 6.18 Å². The van der Waals surface area contributed by atoms with Gasteiger partial charge in [-0.1, -0.05) is 24.3 Å². The van der Waals surface area contributed by atoms with Gasteiger partial charge < -0.3 is 14.8 Å².